The van der Waals surface area contributed by atoms with Gasteiger partial charge in [0.05, 0.1) is 18.9 Å². The van der Waals surface area contributed by atoms with Crippen LogP contribution in [-0.2, 0) is 21.2 Å². The molecule has 1 aromatic carbocycles. The van der Waals surface area contributed by atoms with Crippen molar-refractivity contribution in [3.05, 3.63) is 28.8 Å². The maximum atomic E-state index is 12.2. The first kappa shape index (κ1) is 22.7. The molecule has 0 fully saturated rings. The first-order valence-electron chi connectivity index (χ1n) is 7.37. The fourth-order valence-electron chi connectivity index (χ4n) is 2.55. The summed E-state index contributed by atoms with van der Waals surface area (Å²) in [5.41, 5.74) is 8.80. The van der Waals surface area contributed by atoms with Gasteiger partial charge in [-0.2, -0.15) is 0 Å². The predicted molar refractivity (Wildman–Crippen MR) is 98.5 cm³/mol. The van der Waals surface area contributed by atoms with E-state index < -0.39 is 15.9 Å². The molecule has 0 bridgehead atoms. The summed E-state index contributed by atoms with van der Waals surface area (Å²) >= 11 is 0. The van der Waals surface area contributed by atoms with Crippen molar-refractivity contribution in [3.8, 4) is 5.75 Å². The number of benzene rings is 1. The third-order valence-corrected chi connectivity index (χ3v) is 4.61. The van der Waals surface area contributed by atoms with Gasteiger partial charge in [0.1, 0.15) is 15.6 Å². The topological polar surface area (TPSA) is 89.7 Å². The van der Waals surface area contributed by atoms with E-state index in [1.807, 2.05) is 26.0 Å². The Morgan fingerprint density at radius 1 is 1.29 bits per heavy atom. The van der Waals surface area contributed by atoms with E-state index in [9.17, 15) is 13.2 Å². The van der Waals surface area contributed by atoms with Crippen LogP contribution in [0.2, 0.25) is 0 Å². The summed E-state index contributed by atoms with van der Waals surface area (Å²) < 4.78 is 27.7. The number of amides is 1. The number of nitrogens with zero attached hydrogens (tertiary/aromatic N) is 1. The molecule has 0 heterocycles. The van der Waals surface area contributed by atoms with Crippen molar-refractivity contribution in [1.82, 2.24) is 4.90 Å². The molecule has 0 aromatic heterocycles. The van der Waals surface area contributed by atoms with E-state index in [4.69, 9.17) is 10.5 Å². The molecule has 0 saturated heterocycles. The minimum Gasteiger partial charge on any atom is -0.496 e. The Labute approximate surface area is 150 Å². The number of carbonyl (C=O) groups is 1. The van der Waals surface area contributed by atoms with Crippen LogP contribution in [0.1, 0.15) is 23.1 Å². The van der Waals surface area contributed by atoms with Crippen LogP contribution in [0.5, 0.6) is 5.75 Å². The number of hydrogen-bond acceptors (Lipinski definition) is 5. The number of hydrogen-bond donors (Lipinski definition) is 1. The fourth-order valence-corrected chi connectivity index (χ4v) is 3.23. The van der Waals surface area contributed by atoms with E-state index in [1.165, 1.54) is 4.90 Å². The summed E-state index contributed by atoms with van der Waals surface area (Å²) in [5.74, 6) is 0.487. The Bertz CT molecular complexity index is 654. The lowest BCUT2D eigenvalue weighted by Crippen LogP contribution is -2.42. The van der Waals surface area contributed by atoms with Crippen LogP contribution >= 0.6 is 12.4 Å². The van der Waals surface area contributed by atoms with E-state index in [1.54, 1.807) is 14.2 Å². The molecule has 0 aliphatic carbocycles. The molecule has 1 atom stereocenters. The first-order valence-corrected chi connectivity index (χ1v) is 9.43. The summed E-state index contributed by atoms with van der Waals surface area (Å²) in [6, 6.07) is 3.13. The molecule has 0 radical (unpaired) electrons. The quantitative estimate of drug-likeness (QED) is 0.775. The molecular weight excluding hydrogens is 352 g/mol. The Kier molecular flexibility index (Phi) is 8.74. The highest BCUT2D eigenvalue weighted by Gasteiger charge is 2.20. The number of ether oxygens (including phenoxy) is 1. The van der Waals surface area contributed by atoms with Gasteiger partial charge in [-0.05, 0) is 37.0 Å². The van der Waals surface area contributed by atoms with Crippen molar-refractivity contribution in [2.45, 2.75) is 32.9 Å². The average molecular weight is 379 g/mol. The van der Waals surface area contributed by atoms with Crippen LogP contribution < -0.4 is 10.5 Å². The molecule has 0 spiro atoms. The second-order valence-electron chi connectivity index (χ2n) is 5.98. The molecule has 6 nitrogen and oxygen atoms in total. The lowest BCUT2D eigenvalue weighted by atomic mass is 10.0. The zero-order valence-corrected chi connectivity index (χ0v) is 16.5. The van der Waals surface area contributed by atoms with Crippen LogP contribution in [0.15, 0.2) is 12.1 Å². The van der Waals surface area contributed by atoms with Crippen LogP contribution in [0.4, 0.5) is 0 Å². The molecule has 8 heteroatoms. The zero-order chi connectivity index (χ0) is 17.8. The van der Waals surface area contributed by atoms with Gasteiger partial charge in [-0.1, -0.05) is 12.1 Å². The SMILES string of the molecule is COc1c(C)cc(CN(C)C(=O)C(N)CCS(C)(=O)=O)cc1C.Cl. The van der Waals surface area contributed by atoms with Gasteiger partial charge in [-0.15, -0.1) is 12.4 Å². The molecule has 1 rings (SSSR count). The van der Waals surface area contributed by atoms with E-state index in [-0.39, 0.29) is 30.5 Å². The van der Waals surface area contributed by atoms with Gasteiger partial charge in [0.25, 0.3) is 0 Å². The second-order valence-corrected chi connectivity index (χ2v) is 8.24. The van der Waals surface area contributed by atoms with Crippen LogP contribution in [-0.4, -0.2) is 51.4 Å². The van der Waals surface area contributed by atoms with Crippen molar-refractivity contribution in [3.63, 3.8) is 0 Å². The first-order chi connectivity index (χ1) is 10.5. The van der Waals surface area contributed by atoms with E-state index >= 15 is 0 Å². The fraction of sp³-hybridized carbons (Fsp3) is 0.562. The number of nitrogens with two attached hydrogens (primary N) is 1. The second kappa shape index (κ2) is 9.25. The molecule has 2 N–H and O–H groups in total. The maximum Gasteiger partial charge on any atom is 0.239 e. The van der Waals surface area contributed by atoms with Crippen molar-refractivity contribution in [1.29, 1.82) is 0 Å². The van der Waals surface area contributed by atoms with Gasteiger partial charge in [0.2, 0.25) is 5.91 Å². The van der Waals surface area contributed by atoms with E-state index in [2.05, 4.69) is 0 Å². The van der Waals surface area contributed by atoms with Crippen LogP contribution in [0, 0.1) is 13.8 Å². The number of sulfone groups is 1. The lowest BCUT2D eigenvalue weighted by molar-refractivity contribution is -0.131. The smallest absolute Gasteiger partial charge is 0.239 e. The molecule has 0 saturated carbocycles. The van der Waals surface area contributed by atoms with E-state index in [0.29, 0.717) is 6.54 Å². The largest absolute Gasteiger partial charge is 0.496 e. The van der Waals surface area contributed by atoms with Crippen molar-refractivity contribution in [2.75, 3.05) is 26.2 Å². The third kappa shape index (κ3) is 6.67. The highest BCUT2D eigenvalue weighted by atomic mass is 35.5. The Morgan fingerprint density at radius 2 is 1.79 bits per heavy atom. The summed E-state index contributed by atoms with van der Waals surface area (Å²) in [4.78, 5) is 13.8. The summed E-state index contributed by atoms with van der Waals surface area (Å²) in [5, 5.41) is 0. The van der Waals surface area contributed by atoms with Crippen molar-refractivity contribution in [2.24, 2.45) is 5.73 Å². The van der Waals surface area contributed by atoms with Gasteiger partial charge in [-0.3, -0.25) is 4.79 Å². The Hall–Kier alpha value is -1.31. The number of carbonyl (C=O) groups excluding carboxylic acids is 1. The van der Waals surface area contributed by atoms with Gasteiger partial charge < -0.3 is 15.4 Å². The van der Waals surface area contributed by atoms with Gasteiger partial charge in [-0.25, -0.2) is 8.42 Å². The summed E-state index contributed by atoms with van der Waals surface area (Å²) in [7, 11) is 0.174. The Balaban J connectivity index is 0.00000529. The number of methoxy groups -OCH3 is 1. The van der Waals surface area contributed by atoms with Crippen LogP contribution in [0.25, 0.3) is 0 Å². The molecule has 138 valence electrons. The zero-order valence-electron chi connectivity index (χ0n) is 14.8. The third-order valence-electron chi connectivity index (χ3n) is 3.64. The number of likely N-dealkylation sites (N-methyl/N-ethyl adjacent to an activating group) is 1. The number of halogens is 1. The number of aryl methyl sites for hydroxylation is 2. The summed E-state index contributed by atoms with van der Waals surface area (Å²) in [6.07, 6.45) is 1.26. The molecule has 0 aliphatic heterocycles. The minimum absolute atomic E-state index is 0. The average Bonchev–Trinajstić information content (AvgIpc) is 2.42. The predicted octanol–water partition coefficient (Wildman–Crippen LogP) is 1.45. The highest BCUT2D eigenvalue weighted by molar-refractivity contribution is 7.90. The van der Waals surface area contributed by atoms with Crippen molar-refractivity contribution < 1.29 is 17.9 Å². The maximum absolute atomic E-state index is 12.2. The van der Waals surface area contributed by atoms with Gasteiger partial charge in [0.15, 0.2) is 0 Å². The molecule has 24 heavy (non-hydrogen) atoms. The van der Waals surface area contributed by atoms with Crippen LogP contribution in [0.3, 0.4) is 0 Å². The minimum atomic E-state index is -3.12. The lowest BCUT2D eigenvalue weighted by Gasteiger charge is -2.22. The van der Waals surface area contributed by atoms with Crippen molar-refractivity contribution >= 4 is 28.2 Å². The number of rotatable bonds is 7. The van der Waals surface area contributed by atoms with Gasteiger partial charge >= 0.3 is 0 Å². The highest BCUT2D eigenvalue weighted by Crippen LogP contribution is 2.24. The van der Waals surface area contributed by atoms with E-state index in [0.717, 1.165) is 28.7 Å². The molecular formula is C16H27ClN2O4S. The monoisotopic (exact) mass is 378 g/mol. The normalized spacial score (nSPS) is 12.2. The molecule has 0 aliphatic rings. The molecule has 1 amide bonds. The standard InChI is InChI=1S/C16H26N2O4S.ClH/c1-11-8-13(9-12(2)15(11)22-4)10-18(3)16(19)14(17)6-7-23(5,20)21;/h8-9,14H,6-7,10,17H2,1-5H3;1H. The molecule has 1 aromatic rings. The Morgan fingerprint density at radius 3 is 2.21 bits per heavy atom. The summed E-state index contributed by atoms with van der Waals surface area (Å²) in [6.45, 7) is 4.32. The van der Waals surface area contributed by atoms with Gasteiger partial charge in [0, 0.05) is 19.8 Å². The molecule has 1 unspecified atom stereocenters.